The summed E-state index contributed by atoms with van der Waals surface area (Å²) in [6.45, 7) is 0. The molecule has 0 aliphatic carbocycles. The van der Waals surface area contributed by atoms with Crippen LogP contribution in [-0.4, -0.2) is 10.2 Å². The molecule has 0 spiro atoms. The lowest BCUT2D eigenvalue weighted by molar-refractivity contribution is -0.137. The van der Waals surface area contributed by atoms with E-state index in [1.54, 1.807) is 12.1 Å². The Morgan fingerprint density at radius 3 is 2.25 bits per heavy atom. The van der Waals surface area contributed by atoms with E-state index in [1.165, 1.54) is 12.1 Å². The lowest BCUT2D eigenvalue weighted by Crippen LogP contribution is -2.04. The van der Waals surface area contributed by atoms with Crippen molar-refractivity contribution in [2.45, 2.75) is 6.18 Å². The molecule has 3 aromatic rings. The monoisotopic (exact) mass is 437 g/mol. The minimum atomic E-state index is -4.36. The molecule has 0 bridgehead atoms. The Kier molecular flexibility index (Phi) is 5.57. The first kappa shape index (κ1) is 18.8. The van der Waals surface area contributed by atoms with Gasteiger partial charge in [0.05, 0.1) is 5.56 Å². The number of hydrogen-bond donors (Lipinski definition) is 1. The van der Waals surface area contributed by atoms with Crippen molar-refractivity contribution in [1.29, 1.82) is 0 Å². The SMILES string of the molecule is Cl.FC(F)(F)c1ccc(Nc2nnc(Cl)c3cc(Br)ccc23)cc1. The summed E-state index contributed by atoms with van der Waals surface area (Å²) in [5.74, 6) is 0.414. The molecule has 1 N–H and O–H groups in total. The van der Waals surface area contributed by atoms with Gasteiger partial charge in [0.15, 0.2) is 11.0 Å². The number of anilines is 2. The van der Waals surface area contributed by atoms with Crippen LogP contribution in [0.3, 0.4) is 0 Å². The molecule has 3 rings (SSSR count). The lowest BCUT2D eigenvalue weighted by atomic mass is 10.1. The first-order chi connectivity index (χ1) is 10.8. The Morgan fingerprint density at radius 2 is 1.62 bits per heavy atom. The maximum atomic E-state index is 12.6. The van der Waals surface area contributed by atoms with Crippen molar-refractivity contribution in [3.8, 4) is 0 Å². The van der Waals surface area contributed by atoms with Crippen molar-refractivity contribution in [3.63, 3.8) is 0 Å². The van der Waals surface area contributed by atoms with Crippen LogP contribution in [0.4, 0.5) is 24.7 Å². The van der Waals surface area contributed by atoms with Crippen molar-refractivity contribution in [3.05, 3.63) is 57.7 Å². The molecular formula is C15H9BrCl2F3N3. The van der Waals surface area contributed by atoms with Gasteiger partial charge < -0.3 is 5.32 Å². The van der Waals surface area contributed by atoms with E-state index in [-0.39, 0.29) is 17.6 Å². The van der Waals surface area contributed by atoms with E-state index in [1.807, 2.05) is 6.07 Å². The smallest absolute Gasteiger partial charge is 0.338 e. The summed E-state index contributed by atoms with van der Waals surface area (Å²) in [4.78, 5) is 0. The second-order valence-corrected chi connectivity index (χ2v) is 6.00. The average Bonchev–Trinajstić information content (AvgIpc) is 2.50. The van der Waals surface area contributed by atoms with Crippen LogP contribution in [-0.2, 0) is 6.18 Å². The molecule has 24 heavy (non-hydrogen) atoms. The van der Waals surface area contributed by atoms with Gasteiger partial charge in [0.2, 0.25) is 0 Å². The summed E-state index contributed by atoms with van der Waals surface area (Å²) in [6, 6.07) is 10.1. The zero-order valence-corrected chi connectivity index (χ0v) is 14.9. The number of nitrogens with one attached hydrogen (secondary N) is 1. The molecule has 0 saturated carbocycles. The molecule has 0 aliphatic heterocycles. The highest BCUT2D eigenvalue weighted by molar-refractivity contribution is 9.10. The number of rotatable bonds is 2. The average molecular weight is 439 g/mol. The normalized spacial score (nSPS) is 11.2. The molecule has 0 amide bonds. The van der Waals surface area contributed by atoms with E-state index in [9.17, 15) is 13.2 Å². The van der Waals surface area contributed by atoms with Gasteiger partial charge in [-0.15, -0.1) is 22.6 Å². The van der Waals surface area contributed by atoms with Gasteiger partial charge in [-0.1, -0.05) is 27.5 Å². The zero-order valence-electron chi connectivity index (χ0n) is 11.7. The molecule has 2 aromatic carbocycles. The molecule has 0 aliphatic rings. The van der Waals surface area contributed by atoms with E-state index in [0.717, 1.165) is 16.6 Å². The van der Waals surface area contributed by atoms with E-state index in [4.69, 9.17) is 11.6 Å². The van der Waals surface area contributed by atoms with Gasteiger partial charge in [0, 0.05) is 20.9 Å². The van der Waals surface area contributed by atoms with Gasteiger partial charge in [-0.3, -0.25) is 0 Å². The number of alkyl halides is 3. The number of hydrogen-bond acceptors (Lipinski definition) is 3. The van der Waals surface area contributed by atoms with Crippen LogP contribution in [0, 0.1) is 0 Å². The highest BCUT2D eigenvalue weighted by Crippen LogP contribution is 2.32. The second-order valence-electron chi connectivity index (χ2n) is 4.73. The minimum absolute atomic E-state index is 0. The maximum absolute atomic E-state index is 12.6. The van der Waals surface area contributed by atoms with Gasteiger partial charge in [-0.05, 0) is 42.5 Å². The van der Waals surface area contributed by atoms with Crippen LogP contribution in [0.2, 0.25) is 5.15 Å². The van der Waals surface area contributed by atoms with E-state index < -0.39 is 11.7 Å². The topological polar surface area (TPSA) is 37.8 Å². The van der Waals surface area contributed by atoms with Crippen LogP contribution in [0.5, 0.6) is 0 Å². The third-order valence-electron chi connectivity index (χ3n) is 3.17. The molecule has 0 fully saturated rings. The Balaban J connectivity index is 0.00000208. The van der Waals surface area contributed by atoms with Crippen molar-refractivity contribution in [1.82, 2.24) is 10.2 Å². The number of benzene rings is 2. The molecule has 1 aromatic heterocycles. The van der Waals surface area contributed by atoms with Gasteiger partial charge in [0.25, 0.3) is 0 Å². The summed E-state index contributed by atoms with van der Waals surface area (Å²) in [7, 11) is 0. The first-order valence-corrected chi connectivity index (χ1v) is 7.57. The van der Waals surface area contributed by atoms with E-state index >= 15 is 0 Å². The molecule has 126 valence electrons. The molecule has 0 saturated heterocycles. The third kappa shape index (κ3) is 3.91. The fourth-order valence-electron chi connectivity index (χ4n) is 2.07. The summed E-state index contributed by atoms with van der Waals surface area (Å²) in [6.07, 6.45) is -4.36. The van der Waals surface area contributed by atoms with Crippen molar-refractivity contribution in [2.75, 3.05) is 5.32 Å². The Bertz CT molecular complexity index is 870. The molecular weight excluding hydrogens is 430 g/mol. The van der Waals surface area contributed by atoms with Crippen molar-refractivity contribution < 1.29 is 13.2 Å². The van der Waals surface area contributed by atoms with Crippen LogP contribution in [0.1, 0.15) is 5.56 Å². The second kappa shape index (κ2) is 7.13. The number of halogens is 6. The van der Waals surface area contributed by atoms with Crippen molar-refractivity contribution in [2.24, 2.45) is 0 Å². The molecule has 3 nitrogen and oxygen atoms in total. The van der Waals surface area contributed by atoms with Gasteiger partial charge in [0.1, 0.15) is 0 Å². The van der Waals surface area contributed by atoms with Gasteiger partial charge >= 0.3 is 6.18 Å². The Morgan fingerprint density at radius 1 is 0.958 bits per heavy atom. The summed E-state index contributed by atoms with van der Waals surface area (Å²) in [5, 5.41) is 12.4. The molecule has 1 heterocycles. The van der Waals surface area contributed by atoms with Crippen LogP contribution < -0.4 is 5.32 Å². The summed E-state index contributed by atoms with van der Waals surface area (Å²) >= 11 is 9.38. The van der Waals surface area contributed by atoms with Crippen LogP contribution >= 0.6 is 39.9 Å². The Hall–Kier alpha value is -1.57. The van der Waals surface area contributed by atoms with E-state index in [0.29, 0.717) is 22.3 Å². The predicted octanol–water partition coefficient (Wildman–Crippen LogP) is 6.23. The predicted molar refractivity (Wildman–Crippen MR) is 94.2 cm³/mol. The highest BCUT2D eigenvalue weighted by atomic mass is 79.9. The first-order valence-electron chi connectivity index (χ1n) is 6.40. The molecule has 0 atom stereocenters. The molecule has 9 heteroatoms. The number of fused-ring (bicyclic) bond motifs is 1. The quantitative estimate of drug-likeness (QED) is 0.515. The number of nitrogens with zero attached hydrogens (tertiary/aromatic N) is 2. The minimum Gasteiger partial charge on any atom is -0.338 e. The fourth-order valence-corrected chi connectivity index (χ4v) is 2.62. The molecule has 0 unspecified atom stereocenters. The van der Waals surface area contributed by atoms with Gasteiger partial charge in [-0.25, -0.2) is 0 Å². The fraction of sp³-hybridized carbons (Fsp3) is 0.0667. The largest absolute Gasteiger partial charge is 0.416 e. The summed E-state index contributed by atoms with van der Waals surface area (Å²) < 4.78 is 38.6. The summed E-state index contributed by atoms with van der Waals surface area (Å²) in [5.41, 5.74) is -0.238. The lowest BCUT2D eigenvalue weighted by Gasteiger charge is -2.11. The van der Waals surface area contributed by atoms with Crippen molar-refractivity contribution >= 4 is 62.2 Å². The standard InChI is InChI=1S/C15H8BrClF3N3.ClH/c16-9-3-6-11-12(7-9)13(17)22-23-14(11)21-10-4-1-8(2-5-10)15(18,19)20;/h1-7H,(H,21,23);1H. The van der Waals surface area contributed by atoms with Crippen LogP contribution in [0.25, 0.3) is 10.8 Å². The van der Waals surface area contributed by atoms with Crippen LogP contribution in [0.15, 0.2) is 46.9 Å². The highest BCUT2D eigenvalue weighted by Gasteiger charge is 2.29. The Labute approximate surface area is 154 Å². The molecule has 0 radical (unpaired) electrons. The van der Waals surface area contributed by atoms with Gasteiger partial charge in [-0.2, -0.15) is 13.2 Å². The third-order valence-corrected chi connectivity index (χ3v) is 3.94. The maximum Gasteiger partial charge on any atom is 0.416 e. The number of aromatic nitrogens is 2. The zero-order chi connectivity index (χ0) is 16.6. The van der Waals surface area contributed by atoms with E-state index in [2.05, 4.69) is 31.4 Å².